The van der Waals surface area contributed by atoms with Crippen molar-refractivity contribution in [2.45, 2.75) is 89.8 Å². The second-order valence-electron chi connectivity index (χ2n) is 6.31. The molecule has 2 heterocycles. The molecule has 2 nitrogen and oxygen atoms in total. The highest BCUT2D eigenvalue weighted by Gasteiger charge is 2.37. The van der Waals surface area contributed by atoms with Crippen molar-refractivity contribution in [3.8, 4) is 0 Å². The van der Waals surface area contributed by atoms with Crippen molar-refractivity contribution in [3.05, 3.63) is 0 Å². The van der Waals surface area contributed by atoms with Crippen LogP contribution in [0.2, 0.25) is 0 Å². The van der Waals surface area contributed by atoms with Gasteiger partial charge in [0.25, 0.3) is 0 Å². The third-order valence-corrected chi connectivity index (χ3v) is 4.83. The third kappa shape index (κ3) is 3.71. The molecule has 2 aliphatic rings. The maximum absolute atomic E-state index is 3.76. The lowest BCUT2D eigenvalue weighted by atomic mass is 9.81. The van der Waals surface area contributed by atoms with E-state index in [4.69, 9.17) is 0 Å². The number of nitrogens with zero attached hydrogens (tertiary/aromatic N) is 1. The van der Waals surface area contributed by atoms with Gasteiger partial charge in [0.15, 0.2) is 0 Å². The van der Waals surface area contributed by atoms with E-state index in [9.17, 15) is 0 Å². The number of hydrogen-bond donors (Lipinski definition) is 1. The Morgan fingerprint density at radius 3 is 2.33 bits per heavy atom. The molecule has 0 aromatic rings. The van der Waals surface area contributed by atoms with E-state index < -0.39 is 0 Å². The predicted octanol–water partition coefficient (Wildman–Crippen LogP) is 3.56. The Morgan fingerprint density at radius 2 is 1.72 bits per heavy atom. The van der Waals surface area contributed by atoms with Crippen LogP contribution < -0.4 is 5.32 Å². The molecule has 2 saturated heterocycles. The lowest BCUT2D eigenvalue weighted by Gasteiger charge is -2.49. The molecule has 2 aliphatic heterocycles. The summed E-state index contributed by atoms with van der Waals surface area (Å²) in [5.41, 5.74) is 0. The maximum Gasteiger partial charge on any atom is 0.0113 e. The van der Waals surface area contributed by atoms with E-state index in [2.05, 4.69) is 24.1 Å². The van der Waals surface area contributed by atoms with Crippen molar-refractivity contribution < 1.29 is 0 Å². The van der Waals surface area contributed by atoms with Crippen molar-refractivity contribution in [2.24, 2.45) is 0 Å². The molecule has 0 aromatic carbocycles. The Labute approximate surface area is 114 Å². The molecule has 2 heteroatoms. The van der Waals surface area contributed by atoms with Crippen molar-refractivity contribution in [2.75, 3.05) is 13.1 Å². The first-order valence-electron chi connectivity index (χ1n) is 8.34. The van der Waals surface area contributed by atoms with E-state index in [1.807, 2.05) is 0 Å². The van der Waals surface area contributed by atoms with E-state index >= 15 is 0 Å². The summed E-state index contributed by atoms with van der Waals surface area (Å²) < 4.78 is 0. The Balaban J connectivity index is 1.82. The van der Waals surface area contributed by atoms with Crippen LogP contribution in [0.1, 0.15) is 71.6 Å². The molecule has 2 rings (SSSR count). The summed E-state index contributed by atoms with van der Waals surface area (Å²) in [7, 11) is 0. The number of nitrogens with one attached hydrogen (secondary N) is 1. The first-order chi connectivity index (χ1) is 8.85. The minimum Gasteiger partial charge on any atom is -0.314 e. The summed E-state index contributed by atoms with van der Waals surface area (Å²) in [6, 6.07) is 2.59. The summed E-state index contributed by atoms with van der Waals surface area (Å²) in [4.78, 5) is 2.86. The SMILES string of the molecule is CCCCCN1C2CCCC1CC(NCCC)C2. The standard InChI is InChI=1S/C16H32N2/c1-3-5-6-11-18-15-8-7-9-16(18)13-14(12-15)17-10-4-2/h14-17H,3-13H2,1-2H3. The van der Waals surface area contributed by atoms with Crippen LogP contribution in [0.4, 0.5) is 0 Å². The summed E-state index contributed by atoms with van der Waals surface area (Å²) in [6.07, 6.45) is 12.6. The van der Waals surface area contributed by atoms with Crippen LogP contribution in [0.15, 0.2) is 0 Å². The first-order valence-corrected chi connectivity index (χ1v) is 8.34. The van der Waals surface area contributed by atoms with E-state index in [1.54, 1.807) is 0 Å². The molecule has 2 fully saturated rings. The molecule has 2 unspecified atom stereocenters. The summed E-state index contributed by atoms with van der Waals surface area (Å²) in [5, 5.41) is 3.76. The van der Waals surface area contributed by atoms with Crippen LogP contribution in [0.5, 0.6) is 0 Å². The van der Waals surface area contributed by atoms with Crippen LogP contribution >= 0.6 is 0 Å². The Hall–Kier alpha value is -0.0800. The van der Waals surface area contributed by atoms with Crippen molar-refractivity contribution >= 4 is 0 Å². The van der Waals surface area contributed by atoms with Crippen LogP contribution in [-0.2, 0) is 0 Å². The molecule has 106 valence electrons. The zero-order valence-corrected chi connectivity index (χ0v) is 12.5. The van der Waals surface area contributed by atoms with Crippen LogP contribution in [-0.4, -0.2) is 36.1 Å². The minimum absolute atomic E-state index is 0.808. The quantitative estimate of drug-likeness (QED) is 0.697. The maximum atomic E-state index is 3.76. The number of fused-ring (bicyclic) bond motifs is 2. The van der Waals surface area contributed by atoms with Gasteiger partial charge in [-0.1, -0.05) is 33.1 Å². The average molecular weight is 252 g/mol. The van der Waals surface area contributed by atoms with Gasteiger partial charge in [-0.05, 0) is 51.6 Å². The molecule has 2 atom stereocenters. The smallest absolute Gasteiger partial charge is 0.0113 e. The summed E-state index contributed by atoms with van der Waals surface area (Å²) in [5.74, 6) is 0. The molecule has 18 heavy (non-hydrogen) atoms. The molecular weight excluding hydrogens is 220 g/mol. The number of unbranched alkanes of at least 4 members (excludes halogenated alkanes) is 2. The second-order valence-corrected chi connectivity index (χ2v) is 6.31. The zero-order valence-electron chi connectivity index (χ0n) is 12.5. The Morgan fingerprint density at radius 1 is 1.00 bits per heavy atom. The molecule has 0 aliphatic carbocycles. The van der Waals surface area contributed by atoms with Crippen LogP contribution in [0, 0.1) is 0 Å². The minimum atomic E-state index is 0.808. The van der Waals surface area contributed by atoms with Gasteiger partial charge in [0.1, 0.15) is 0 Å². The molecule has 0 aromatic heterocycles. The predicted molar refractivity (Wildman–Crippen MR) is 79.0 cm³/mol. The number of hydrogen-bond acceptors (Lipinski definition) is 2. The van der Waals surface area contributed by atoms with Crippen molar-refractivity contribution in [3.63, 3.8) is 0 Å². The molecule has 0 radical (unpaired) electrons. The monoisotopic (exact) mass is 252 g/mol. The van der Waals surface area contributed by atoms with Gasteiger partial charge in [-0.15, -0.1) is 0 Å². The van der Waals surface area contributed by atoms with Gasteiger partial charge in [0.2, 0.25) is 0 Å². The van der Waals surface area contributed by atoms with E-state index in [0.29, 0.717) is 0 Å². The number of piperidine rings is 2. The zero-order chi connectivity index (χ0) is 12.8. The highest BCUT2D eigenvalue weighted by Crippen LogP contribution is 2.34. The normalized spacial score (nSPS) is 32.7. The molecule has 1 N–H and O–H groups in total. The van der Waals surface area contributed by atoms with E-state index in [1.165, 1.54) is 70.9 Å². The van der Waals surface area contributed by atoms with Crippen molar-refractivity contribution in [1.29, 1.82) is 0 Å². The Kier molecular flexibility index (Phi) is 5.97. The fourth-order valence-electron chi connectivity index (χ4n) is 3.90. The molecule has 0 saturated carbocycles. The van der Waals surface area contributed by atoms with Crippen LogP contribution in [0.3, 0.4) is 0 Å². The highest BCUT2D eigenvalue weighted by molar-refractivity contribution is 4.94. The lowest BCUT2D eigenvalue weighted by Crippen LogP contribution is -2.56. The fraction of sp³-hybridized carbons (Fsp3) is 1.00. The second kappa shape index (κ2) is 7.49. The number of rotatable bonds is 7. The molecule has 0 amide bonds. The molecule has 0 spiro atoms. The van der Waals surface area contributed by atoms with E-state index in [0.717, 1.165) is 18.1 Å². The first kappa shape index (κ1) is 14.3. The van der Waals surface area contributed by atoms with Gasteiger partial charge in [0, 0.05) is 18.1 Å². The van der Waals surface area contributed by atoms with Gasteiger partial charge < -0.3 is 5.32 Å². The van der Waals surface area contributed by atoms with Gasteiger partial charge in [0.05, 0.1) is 0 Å². The Bertz CT molecular complexity index is 215. The molecular formula is C16H32N2. The molecule has 2 bridgehead atoms. The average Bonchev–Trinajstić information content (AvgIpc) is 2.36. The fourth-order valence-corrected chi connectivity index (χ4v) is 3.90. The van der Waals surface area contributed by atoms with Gasteiger partial charge in [-0.3, -0.25) is 4.90 Å². The topological polar surface area (TPSA) is 15.3 Å². The summed E-state index contributed by atoms with van der Waals surface area (Å²) >= 11 is 0. The largest absolute Gasteiger partial charge is 0.314 e. The van der Waals surface area contributed by atoms with Gasteiger partial charge >= 0.3 is 0 Å². The van der Waals surface area contributed by atoms with Crippen molar-refractivity contribution in [1.82, 2.24) is 10.2 Å². The third-order valence-electron chi connectivity index (χ3n) is 4.83. The van der Waals surface area contributed by atoms with Crippen LogP contribution in [0.25, 0.3) is 0 Å². The lowest BCUT2D eigenvalue weighted by molar-refractivity contribution is 0.0234. The highest BCUT2D eigenvalue weighted by atomic mass is 15.2. The summed E-state index contributed by atoms with van der Waals surface area (Å²) in [6.45, 7) is 7.15. The van der Waals surface area contributed by atoms with Gasteiger partial charge in [-0.2, -0.15) is 0 Å². The van der Waals surface area contributed by atoms with Gasteiger partial charge in [-0.25, -0.2) is 0 Å². The van der Waals surface area contributed by atoms with E-state index in [-0.39, 0.29) is 0 Å².